The highest BCUT2D eigenvalue weighted by Gasteiger charge is 2.11. The lowest BCUT2D eigenvalue weighted by atomic mass is 10.2. The SMILES string of the molecule is ClCCN(CCCl)c1ccccc1Oc1ccccc1. The predicted octanol–water partition coefficient (Wildman–Crippen LogP) is 4.76. The summed E-state index contributed by atoms with van der Waals surface area (Å²) in [7, 11) is 0. The molecule has 0 fully saturated rings. The van der Waals surface area contributed by atoms with Crippen LogP contribution in [0.25, 0.3) is 0 Å². The van der Waals surface area contributed by atoms with Crippen LogP contribution in [-0.2, 0) is 0 Å². The summed E-state index contributed by atoms with van der Waals surface area (Å²) in [5, 5.41) is 0. The van der Waals surface area contributed by atoms with Gasteiger partial charge in [-0.1, -0.05) is 30.3 Å². The number of rotatable bonds is 7. The first-order valence-corrected chi connectivity index (χ1v) is 7.61. The molecule has 2 aromatic rings. The van der Waals surface area contributed by atoms with Crippen LogP contribution in [0.3, 0.4) is 0 Å². The number of para-hydroxylation sites is 3. The van der Waals surface area contributed by atoms with Crippen molar-refractivity contribution in [1.29, 1.82) is 0 Å². The lowest BCUT2D eigenvalue weighted by Crippen LogP contribution is -2.27. The number of nitrogens with zero attached hydrogens (tertiary/aromatic N) is 1. The van der Waals surface area contributed by atoms with Gasteiger partial charge in [0.1, 0.15) is 5.75 Å². The van der Waals surface area contributed by atoms with Crippen molar-refractivity contribution in [1.82, 2.24) is 0 Å². The Bertz CT molecular complexity index is 513. The molecule has 0 radical (unpaired) electrons. The third kappa shape index (κ3) is 4.06. The second-order valence-electron chi connectivity index (χ2n) is 4.25. The highest BCUT2D eigenvalue weighted by Crippen LogP contribution is 2.32. The summed E-state index contributed by atoms with van der Waals surface area (Å²) in [6.45, 7) is 1.48. The predicted molar refractivity (Wildman–Crippen MR) is 86.6 cm³/mol. The highest BCUT2D eigenvalue weighted by molar-refractivity contribution is 6.18. The molecule has 20 heavy (non-hydrogen) atoms. The van der Waals surface area contributed by atoms with Crippen LogP contribution in [-0.4, -0.2) is 24.8 Å². The van der Waals surface area contributed by atoms with Gasteiger partial charge in [0.2, 0.25) is 0 Å². The number of alkyl halides is 2. The van der Waals surface area contributed by atoms with E-state index in [4.69, 9.17) is 27.9 Å². The molecule has 0 saturated carbocycles. The highest BCUT2D eigenvalue weighted by atomic mass is 35.5. The third-order valence-electron chi connectivity index (χ3n) is 2.89. The molecule has 0 aliphatic rings. The summed E-state index contributed by atoms with van der Waals surface area (Å²) in [6, 6.07) is 17.7. The summed E-state index contributed by atoms with van der Waals surface area (Å²) < 4.78 is 5.96. The quantitative estimate of drug-likeness (QED) is 0.683. The van der Waals surface area contributed by atoms with Crippen LogP contribution in [0.15, 0.2) is 54.6 Å². The van der Waals surface area contributed by atoms with Crippen molar-refractivity contribution >= 4 is 28.9 Å². The van der Waals surface area contributed by atoms with E-state index in [0.717, 1.165) is 30.3 Å². The van der Waals surface area contributed by atoms with Crippen molar-refractivity contribution < 1.29 is 4.74 Å². The molecular formula is C16H17Cl2NO. The lowest BCUT2D eigenvalue weighted by molar-refractivity contribution is 0.482. The molecule has 2 aromatic carbocycles. The zero-order chi connectivity index (χ0) is 14.2. The summed E-state index contributed by atoms with van der Waals surface area (Å²) in [5.74, 6) is 2.73. The van der Waals surface area contributed by atoms with Crippen molar-refractivity contribution in [2.45, 2.75) is 0 Å². The molecule has 0 aliphatic carbocycles. The Balaban J connectivity index is 2.24. The van der Waals surface area contributed by atoms with Gasteiger partial charge in [0.05, 0.1) is 5.69 Å². The minimum Gasteiger partial charge on any atom is -0.455 e. The van der Waals surface area contributed by atoms with E-state index in [9.17, 15) is 0 Å². The number of hydrogen-bond acceptors (Lipinski definition) is 2. The maximum Gasteiger partial charge on any atom is 0.150 e. The molecular weight excluding hydrogens is 293 g/mol. The van der Waals surface area contributed by atoms with Crippen molar-refractivity contribution in [2.24, 2.45) is 0 Å². The van der Waals surface area contributed by atoms with Gasteiger partial charge in [0.15, 0.2) is 5.75 Å². The van der Waals surface area contributed by atoms with Crippen LogP contribution in [0.2, 0.25) is 0 Å². The van der Waals surface area contributed by atoms with Crippen molar-refractivity contribution in [3.05, 3.63) is 54.6 Å². The fraction of sp³-hybridized carbons (Fsp3) is 0.250. The van der Waals surface area contributed by atoms with Gasteiger partial charge in [-0.25, -0.2) is 0 Å². The zero-order valence-electron chi connectivity index (χ0n) is 11.1. The number of anilines is 1. The van der Waals surface area contributed by atoms with Gasteiger partial charge in [0, 0.05) is 24.8 Å². The summed E-state index contributed by atoms with van der Waals surface area (Å²) in [6.07, 6.45) is 0. The van der Waals surface area contributed by atoms with Gasteiger partial charge in [-0.05, 0) is 24.3 Å². The molecule has 4 heteroatoms. The smallest absolute Gasteiger partial charge is 0.150 e. The monoisotopic (exact) mass is 309 g/mol. The lowest BCUT2D eigenvalue weighted by Gasteiger charge is -2.25. The van der Waals surface area contributed by atoms with E-state index in [-0.39, 0.29) is 0 Å². The topological polar surface area (TPSA) is 12.5 Å². The largest absolute Gasteiger partial charge is 0.455 e. The second kappa shape index (κ2) is 8.03. The molecule has 0 amide bonds. The standard InChI is InChI=1S/C16H17Cl2NO/c17-10-12-19(13-11-18)15-8-4-5-9-16(15)20-14-6-2-1-3-7-14/h1-9H,10-13H2. The first-order valence-electron chi connectivity index (χ1n) is 6.54. The molecule has 2 rings (SSSR count). The maximum absolute atomic E-state index is 5.96. The number of benzene rings is 2. The van der Waals surface area contributed by atoms with E-state index in [2.05, 4.69) is 4.90 Å². The Kier molecular flexibility index (Phi) is 6.03. The van der Waals surface area contributed by atoms with Crippen LogP contribution >= 0.6 is 23.2 Å². The van der Waals surface area contributed by atoms with E-state index in [0.29, 0.717) is 11.8 Å². The van der Waals surface area contributed by atoms with Crippen LogP contribution in [0.1, 0.15) is 0 Å². The first kappa shape index (κ1) is 15.0. The van der Waals surface area contributed by atoms with Gasteiger partial charge in [-0.2, -0.15) is 0 Å². The summed E-state index contributed by atoms with van der Waals surface area (Å²) in [5.41, 5.74) is 1.01. The van der Waals surface area contributed by atoms with E-state index in [1.807, 2.05) is 54.6 Å². The Morgan fingerprint density at radius 2 is 1.40 bits per heavy atom. The van der Waals surface area contributed by atoms with Gasteiger partial charge < -0.3 is 9.64 Å². The Morgan fingerprint density at radius 3 is 2.05 bits per heavy atom. The molecule has 0 aromatic heterocycles. The Hall–Kier alpha value is -1.38. The number of ether oxygens (including phenoxy) is 1. The molecule has 0 aliphatic heterocycles. The van der Waals surface area contributed by atoms with Gasteiger partial charge in [-0.15, -0.1) is 23.2 Å². The minimum absolute atomic E-state index is 0.552. The van der Waals surface area contributed by atoms with Crippen LogP contribution in [0.5, 0.6) is 11.5 Å². The zero-order valence-corrected chi connectivity index (χ0v) is 12.6. The molecule has 0 bridgehead atoms. The number of hydrogen-bond donors (Lipinski definition) is 0. The fourth-order valence-electron chi connectivity index (χ4n) is 1.98. The van der Waals surface area contributed by atoms with Crippen molar-refractivity contribution in [3.63, 3.8) is 0 Å². The summed E-state index contributed by atoms with van der Waals surface area (Å²) in [4.78, 5) is 2.14. The van der Waals surface area contributed by atoms with E-state index < -0.39 is 0 Å². The molecule has 0 saturated heterocycles. The number of halogens is 2. The van der Waals surface area contributed by atoms with E-state index in [1.165, 1.54) is 0 Å². The van der Waals surface area contributed by atoms with E-state index >= 15 is 0 Å². The third-order valence-corrected chi connectivity index (χ3v) is 3.22. The van der Waals surface area contributed by atoms with Crippen LogP contribution in [0, 0.1) is 0 Å². The first-order chi connectivity index (χ1) is 9.85. The van der Waals surface area contributed by atoms with Crippen LogP contribution in [0.4, 0.5) is 5.69 Å². The van der Waals surface area contributed by atoms with Crippen LogP contribution < -0.4 is 9.64 Å². The maximum atomic E-state index is 5.96. The molecule has 0 N–H and O–H groups in total. The van der Waals surface area contributed by atoms with E-state index in [1.54, 1.807) is 0 Å². The van der Waals surface area contributed by atoms with Gasteiger partial charge in [-0.3, -0.25) is 0 Å². The normalized spacial score (nSPS) is 10.3. The van der Waals surface area contributed by atoms with Crippen molar-refractivity contribution in [3.8, 4) is 11.5 Å². The average molecular weight is 310 g/mol. The van der Waals surface area contributed by atoms with Gasteiger partial charge in [0.25, 0.3) is 0 Å². The second-order valence-corrected chi connectivity index (χ2v) is 5.00. The Labute approximate surface area is 129 Å². The van der Waals surface area contributed by atoms with Gasteiger partial charge >= 0.3 is 0 Å². The molecule has 0 spiro atoms. The minimum atomic E-state index is 0.552. The molecule has 2 nitrogen and oxygen atoms in total. The molecule has 0 atom stereocenters. The molecule has 0 heterocycles. The molecule has 0 unspecified atom stereocenters. The summed E-state index contributed by atoms with van der Waals surface area (Å²) >= 11 is 11.7. The Morgan fingerprint density at radius 1 is 0.800 bits per heavy atom. The fourth-order valence-corrected chi connectivity index (χ4v) is 2.39. The van der Waals surface area contributed by atoms with Crippen molar-refractivity contribution in [2.75, 3.05) is 29.7 Å². The molecule has 106 valence electrons. The average Bonchev–Trinajstić information content (AvgIpc) is 2.49.